The highest BCUT2D eigenvalue weighted by Gasteiger charge is 2.24. The van der Waals surface area contributed by atoms with Crippen molar-refractivity contribution in [3.63, 3.8) is 0 Å². The van der Waals surface area contributed by atoms with Crippen LogP contribution in [0.4, 0.5) is 0 Å². The van der Waals surface area contributed by atoms with E-state index < -0.39 is 6.04 Å². The van der Waals surface area contributed by atoms with Crippen LogP contribution < -0.4 is 5.32 Å². The second-order valence-electron chi connectivity index (χ2n) is 8.77. The molecule has 2 aliphatic rings. The van der Waals surface area contributed by atoms with E-state index in [0.29, 0.717) is 13.0 Å². The number of benzene rings is 1. The Morgan fingerprint density at radius 2 is 1.42 bits per heavy atom. The smallest absolute Gasteiger partial charge is 0.236 e. The first-order valence-electron chi connectivity index (χ1n) is 11.6. The molecule has 0 saturated carbocycles. The molecule has 2 heterocycles. The Bertz CT molecular complexity index is 724. The molecule has 2 aliphatic heterocycles. The Kier molecular flexibility index (Phi) is 9.03. The maximum atomic E-state index is 12.6. The number of hydrogen-bond acceptors (Lipinski definition) is 5. The van der Waals surface area contributed by atoms with Crippen LogP contribution in [0.15, 0.2) is 30.3 Å². The second-order valence-corrected chi connectivity index (χ2v) is 8.77. The summed E-state index contributed by atoms with van der Waals surface area (Å²) in [6.45, 7) is 7.14. The number of nitrogens with one attached hydrogen (secondary N) is 1. The predicted octanol–water partition coefficient (Wildman–Crippen LogP) is 1.32. The average molecular weight is 429 g/mol. The summed E-state index contributed by atoms with van der Waals surface area (Å²) >= 11 is 0. The molecule has 0 radical (unpaired) electrons. The molecule has 0 aromatic heterocycles. The number of hydrogen-bond donors (Lipinski definition) is 1. The average Bonchev–Trinajstić information content (AvgIpc) is 3.05. The Morgan fingerprint density at radius 1 is 0.839 bits per heavy atom. The number of ketones is 1. The minimum absolute atomic E-state index is 0.0333. The van der Waals surface area contributed by atoms with Gasteiger partial charge in [0.05, 0.1) is 19.1 Å². The summed E-state index contributed by atoms with van der Waals surface area (Å²) in [5.41, 5.74) is 1.03. The topological polar surface area (TPSA) is 73.0 Å². The molecule has 1 atom stereocenters. The van der Waals surface area contributed by atoms with Crippen LogP contribution in [0.5, 0.6) is 0 Å². The lowest BCUT2D eigenvalue weighted by atomic mass is 10.0. The first-order valence-corrected chi connectivity index (χ1v) is 11.6. The number of nitrogens with zero attached hydrogens (tertiary/aromatic N) is 3. The zero-order valence-corrected chi connectivity index (χ0v) is 18.7. The minimum Gasteiger partial charge on any atom is -0.345 e. The second kappa shape index (κ2) is 12.0. The maximum Gasteiger partial charge on any atom is 0.236 e. The maximum absolute atomic E-state index is 12.6. The molecule has 2 amide bonds. The summed E-state index contributed by atoms with van der Waals surface area (Å²) in [7, 11) is 0. The largest absolute Gasteiger partial charge is 0.345 e. The molecule has 0 spiro atoms. The molecule has 2 fully saturated rings. The van der Waals surface area contributed by atoms with E-state index in [1.807, 2.05) is 35.2 Å². The Morgan fingerprint density at radius 3 is 2.00 bits per heavy atom. The monoisotopic (exact) mass is 428 g/mol. The van der Waals surface area contributed by atoms with Gasteiger partial charge in [-0.15, -0.1) is 0 Å². The fourth-order valence-corrected chi connectivity index (χ4v) is 4.31. The minimum atomic E-state index is -0.498. The number of Topliss-reactive ketones (excluding diaryl/α,β-unsaturated/α-hetero) is 1. The van der Waals surface area contributed by atoms with Crippen molar-refractivity contribution in [3.8, 4) is 0 Å². The first kappa shape index (κ1) is 23.4. The van der Waals surface area contributed by atoms with Crippen molar-refractivity contribution < 1.29 is 14.4 Å². The van der Waals surface area contributed by atoms with E-state index in [4.69, 9.17) is 0 Å². The predicted molar refractivity (Wildman–Crippen MR) is 121 cm³/mol. The number of amides is 2. The summed E-state index contributed by atoms with van der Waals surface area (Å²) < 4.78 is 0. The summed E-state index contributed by atoms with van der Waals surface area (Å²) in [6.07, 6.45) is 5.18. The van der Waals surface area contributed by atoms with Crippen molar-refractivity contribution in [2.75, 3.05) is 52.4 Å². The van der Waals surface area contributed by atoms with Crippen LogP contribution in [0.3, 0.4) is 0 Å². The molecule has 170 valence electrons. The molecule has 1 aromatic rings. The van der Waals surface area contributed by atoms with E-state index in [1.54, 1.807) is 0 Å². The molecule has 2 saturated heterocycles. The number of rotatable bonds is 8. The Balaban J connectivity index is 1.39. The fourth-order valence-electron chi connectivity index (χ4n) is 4.31. The molecule has 31 heavy (non-hydrogen) atoms. The highest BCUT2D eigenvalue weighted by atomic mass is 16.2. The normalized spacial score (nSPS) is 19.5. The number of carbonyl (C=O) groups is 3. The molecule has 0 bridgehead atoms. The third kappa shape index (κ3) is 7.74. The van der Waals surface area contributed by atoms with Gasteiger partial charge in [-0.2, -0.15) is 0 Å². The number of likely N-dealkylation sites (tertiary alicyclic amines) is 1. The van der Waals surface area contributed by atoms with Crippen molar-refractivity contribution in [1.82, 2.24) is 20.0 Å². The van der Waals surface area contributed by atoms with Crippen LogP contribution in [0, 0.1) is 0 Å². The van der Waals surface area contributed by atoms with Crippen LogP contribution in [0.2, 0.25) is 0 Å². The number of piperazine rings is 1. The van der Waals surface area contributed by atoms with Crippen LogP contribution in [0.1, 0.15) is 38.2 Å². The van der Waals surface area contributed by atoms with Crippen molar-refractivity contribution in [3.05, 3.63) is 35.9 Å². The lowest BCUT2D eigenvalue weighted by Crippen LogP contribution is -2.53. The van der Waals surface area contributed by atoms with Gasteiger partial charge in [-0.1, -0.05) is 43.2 Å². The van der Waals surface area contributed by atoms with Crippen molar-refractivity contribution in [2.45, 2.75) is 45.1 Å². The van der Waals surface area contributed by atoms with Crippen molar-refractivity contribution in [1.29, 1.82) is 0 Å². The molecule has 1 aromatic carbocycles. The van der Waals surface area contributed by atoms with E-state index in [0.717, 1.165) is 57.7 Å². The molecule has 7 heteroatoms. The van der Waals surface area contributed by atoms with Crippen LogP contribution in [0.25, 0.3) is 0 Å². The molecule has 0 unspecified atom stereocenters. The zero-order chi connectivity index (χ0) is 22.1. The molecule has 0 aliphatic carbocycles. The van der Waals surface area contributed by atoms with Crippen molar-refractivity contribution in [2.24, 2.45) is 0 Å². The first-order chi connectivity index (χ1) is 15.0. The van der Waals surface area contributed by atoms with E-state index in [2.05, 4.69) is 15.1 Å². The van der Waals surface area contributed by atoms with Gasteiger partial charge < -0.3 is 10.2 Å². The summed E-state index contributed by atoms with van der Waals surface area (Å²) in [6, 6.07) is 9.24. The summed E-state index contributed by atoms with van der Waals surface area (Å²) in [4.78, 5) is 43.4. The summed E-state index contributed by atoms with van der Waals surface area (Å²) in [5.74, 6) is 0.0811. The Hall–Kier alpha value is -2.25. The molecule has 7 nitrogen and oxygen atoms in total. The van der Waals surface area contributed by atoms with Gasteiger partial charge in [-0.3, -0.25) is 24.2 Å². The lowest BCUT2D eigenvalue weighted by molar-refractivity contribution is -0.133. The lowest BCUT2D eigenvalue weighted by Gasteiger charge is -2.35. The Labute approximate surface area is 185 Å². The van der Waals surface area contributed by atoms with E-state index >= 15 is 0 Å². The van der Waals surface area contributed by atoms with Gasteiger partial charge in [0, 0.05) is 39.3 Å². The highest BCUT2D eigenvalue weighted by molar-refractivity contribution is 5.88. The third-order valence-corrected chi connectivity index (χ3v) is 6.26. The van der Waals surface area contributed by atoms with Gasteiger partial charge in [-0.25, -0.2) is 0 Å². The molecule has 1 N–H and O–H groups in total. The van der Waals surface area contributed by atoms with E-state index in [1.165, 1.54) is 19.8 Å². The van der Waals surface area contributed by atoms with Gasteiger partial charge in [0.25, 0.3) is 0 Å². The van der Waals surface area contributed by atoms with Crippen LogP contribution in [-0.2, 0) is 20.8 Å². The fraction of sp³-hybridized carbons (Fsp3) is 0.625. The van der Waals surface area contributed by atoms with E-state index in [9.17, 15) is 14.4 Å². The SMILES string of the molecule is CC(=O)[C@H](Cc1ccccc1)NC(=O)CN1CCN(CC(=O)N2CCCCCC2)CC1. The quantitative estimate of drug-likeness (QED) is 0.676. The zero-order valence-electron chi connectivity index (χ0n) is 18.7. The van der Waals surface area contributed by atoms with Crippen LogP contribution >= 0.6 is 0 Å². The standard InChI is InChI=1S/C24H36N4O3/c1-20(29)22(17-21-9-5-4-6-10-21)25-23(30)18-26-13-15-27(16-14-26)19-24(31)28-11-7-2-3-8-12-28/h4-6,9-10,22H,2-3,7-8,11-19H2,1H3,(H,25,30)/t22-/m0/s1. The molecule has 3 rings (SSSR count). The molecular weight excluding hydrogens is 392 g/mol. The van der Waals surface area contributed by atoms with Gasteiger partial charge >= 0.3 is 0 Å². The van der Waals surface area contributed by atoms with Gasteiger partial charge in [0.2, 0.25) is 11.8 Å². The van der Waals surface area contributed by atoms with Crippen molar-refractivity contribution >= 4 is 17.6 Å². The number of carbonyl (C=O) groups excluding carboxylic acids is 3. The summed E-state index contributed by atoms with van der Waals surface area (Å²) in [5, 5.41) is 2.90. The highest BCUT2D eigenvalue weighted by Crippen LogP contribution is 2.11. The third-order valence-electron chi connectivity index (χ3n) is 6.26. The van der Waals surface area contributed by atoms with E-state index in [-0.39, 0.29) is 24.1 Å². The van der Waals surface area contributed by atoms with Crippen LogP contribution in [-0.4, -0.2) is 90.7 Å². The molecular formula is C24H36N4O3. The van der Waals surface area contributed by atoms with Gasteiger partial charge in [0.1, 0.15) is 0 Å². The van der Waals surface area contributed by atoms with Gasteiger partial charge in [0.15, 0.2) is 5.78 Å². The van der Waals surface area contributed by atoms with Gasteiger partial charge in [-0.05, 0) is 31.7 Å².